The van der Waals surface area contributed by atoms with Gasteiger partial charge in [-0.1, -0.05) is 23.7 Å². The van der Waals surface area contributed by atoms with Crippen molar-refractivity contribution >= 4 is 57.0 Å². The Morgan fingerprint density at radius 1 is 1.13 bits per heavy atom. The number of hydrogen-bond donors (Lipinski definition) is 2. The van der Waals surface area contributed by atoms with E-state index < -0.39 is 12.1 Å². The van der Waals surface area contributed by atoms with Gasteiger partial charge in [-0.25, -0.2) is 9.18 Å². The smallest absolute Gasteiger partial charge is 0.344 e. The molecule has 2 N–H and O–H groups in total. The van der Waals surface area contributed by atoms with Crippen LogP contribution in [0.1, 0.15) is 52.6 Å². The quantitative estimate of drug-likeness (QED) is 0.206. The lowest BCUT2D eigenvalue weighted by atomic mass is 10.0. The predicted octanol–water partition coefficient (Wildman–Crippen LogP) is 6.82. The van der Waals surface area contributed by atoms with Crippen molar-refractivity contribution in [3.8, 4) is 5.75 Å². The number of aromatic nitrogens is 1. The van der Waals surface area contributed by atoms with Crippen molar-refractivity contribution < 1.29 is 23.8 Å². The Bertz CT molecular complexity index is 1530. The van der Waals surface area contributed by atoms with Crippen LogP contribution in [0.3, 0.4) is 0 Å². The molecule has 4 aromatic rings. The van der Waals surface area contributed by atoms with Crippen LogP contribution in [0.2, 0.25) is 5.02 Å². The van der Waals surface area contributed by atoms with Crippen LogP contribution >= 0.6 is 34.2 Å². The molecule has 0 spiro atoms. The summed E-state index contributed by atoms with van der Waals surface area (Å²) in [4.78, 5) is 24.3. The fourth-order valence-corrected chi connectivity index (χ4v) is 5.21. The van der Waals surface area contributed by atoms with Gasteiger partial charge in [0.15, 0.2) is 6.10 Å². The first-order valence-electron chi connectivity index (χ1n) is 12.0. The average Bonchev–Trinajstić information content (AvgIpc) is 3.09. The number of ether oxygens (including phenoxy) is 1. The molecule has 3 aromatic carbocycles. The number of nitrogens with zero attached hydrogens (tertiary/aromatic N) is 1. The summed E-state index contributed by atoms with van der Waals surface area (Å²) >= 11 is 8.29. The standard InChI is InChI=1S/C29H27ClFIN2O4/c1-15(20-11-21(31)14-22(32)12-20)33-28(35)19-6-7-23-24(16(2)34(4)26(23)13-19)9-18-5-8-25(30)27(10-18)38-17(3)29(36)37/h5-8,10-15,17H,9H2,1-4H3,(H,33,35)(H,36,37)/t15-,17-/m0/s1. The molecule has 1 amide bonds. The predicted molar refractivity (Wildman–Crippen MR) is 155 cm³/mol. The highest BCUT2D eigenvalue weighted by Gasteiger charge is 2.19. The molecule has 2 atom stereocenters. The van der Waals surface area contributed by atoms with E-state index in [-0.39, 0.29) is 17.8 Å². The van der Waals surface area contributed by atoms with E-state index >= 15 is 0 Å². The minimum Gasteiger partial charge on any atom is -0.479 e. The summed E-state index contributed by atoms with van der Waals surface area (Å²) in [7, 11) is 1.95. The second-order valence-electron chi connectivity index (χ2n) is 9.29. The summed E-state index contributed by atoms with van der Waals surface area (Å²) in [6, 6.07) is 15.3. The Kier molecular flexibility index (Phi) is 8.32. The van der Waals surface area contributed by atoms with E-state index in [1.54, 1.807) is 18.2 Å². The average molecular weight is 649 g/mol. The summed E-state index contributed by atoms with van der Waals surface area (Å²) in [5.74, 6) is -1.34. The first-order valence-corrected chi connectivity index (χ1v) is 13.4. The van der Waals surface area contributed by atoms with Crippen molar-refractivity contribution in [2.24, 2.45) is 7.05 Å². The molecule has 0 aliphatic heterocycles. The summed E-state index contributed by atoms with van der Waals surface area (Å²) in [5, 5.41) is 13.5. The number of hydrogen-bond acceptors (Lipinski definition) is 3. The molecule has 198 valence electrons. The third-order valence-electron chi connectivity index (χ3n) is 6.65. The Labute approximate surface area is 238 Å². The van der Waals surface area contributed by atoms with Gasteiger partial charge in [0.25, 0.3) is 5.91 Å². The maximum atomic E-state index is 13.8. The van der Waals surface area contributed by atoms with Crippen LogP contribution in [0, 0.1) is 16.3 Å². The molecule has 38 heavy (non-hydrogen) atoms. The second-order valence-corrected chi connectivity index (χ2v) is 10.9. The van der Waals surface area contributed by atoms with Crippen LogP contribution in [0.4, 0.5) is 4.39 Å². The van der Waals surface area contributed by atoms with Crippen molar-refractivity contribution in [1.29, 1.82) is 0 Å². The molecule has 6 nitrogen and oxygen atoms in total. The fraction of sp³-hybridized carbons (Fsp3) is 0.241. The van der Waals surface area contributed by atoms with Crippen molar-refractivity contribution in [1.82, 2.24) is 9.88 Å². The molecule has 0 unspecified atom stereocenters. The lowest BCUT2D eigenvalue weighted by molar-refractivity contribution is -0.144. The zero-order valence-corrected chi connectivity index (χ0v) is 24.2. The normalized spacial score (nSPS) is 12.8. The van der Waals surface area contributed by atoms with Gasteiger partial charge in [0.2, 0.25) is 0 Å². The topological polar surface area (TPSA) is 80.6 Å². The van der Waals surface area contributed by atoms with E-state index in [0.29, 0.717) is 28.3 Å². The highest BCUT2D eigenvalue weighted by molar-refractivity contribution is 14.1. The third-order valence-corrected chi connectivity index (χ3v) is 7.58. The number of aryl methyl sites for hydroxylation is 1. The Hall–Kier alpha value is -3.11. The van der Waals surface area contributed by atoms with Gasteiger partial charge >= 0.3 is 5.97 Å². The van der Waals surface area contributed by atoms with E-state index in [2.05, 4.69) is 27.9 Å². The zero-order valence-electron chi connectivity index (χ0n) is 21.3. The molecule has 0 aliphatic rings. The first-order chi connectivity index (χ1) is 17.9. The van der Waals surface area contributed by atoms with E-state index in [9.17, 15) is 19.1 Å². The van der Waals surface area contributed by atoms with E-state index in [0.717, 1.165) is 31.3 Å². The molecule has 0 fully saturated rings. The van der Waals surface area contributed by atoms with Crippen molar-refractivity contribution in [2.45, 2.75) is 39.3 Å². The van der Waals surface area contributed by atoms with Crippen LogP contribution in [0.5, 0.6) is 5.75 Å². The van der Waals surface area contributed by atoms with E-state index in [1.165, 1.54) is 19.1 Å². The molecular weight excluding hydrogens is 622 g/mol. The molecule has 9 heteroatoms. The first kappa shape index (κ1) is 27.9. The number of benzene rings is 3. The van der Waals surface area contributed by atoms with Gasteiger partial charge in [-0.15, -0.1) is 0 Å². The van der Waals surface area contributed by atoms with Crippen LogP contribution in [-0.4, -0.2) is 27.7 Å². The molecule has 0 saturated heterocycles. The van der Waals surface area contributed by atoms with Gasteiger partial charge in [0.05, 0.1) is 11.1 Å². The van der Waals surface area contributed by atoms with Crippen molar-refractivity contribution in [2.75, 3.05) is 0 Å². The van der Waals surface area contributed by atoms with Crippen LogP contribution in [0.25, 0.3) is 10.9 Å². The van der Waals surface area contributed by atoms with Crippen LogP contribution in [0.15, 0.2) is 54.6 Å². The number of fused-ring (bicyclic) bond motifs is 1. The lowest BCUT2D eigenvalue weighted by Gasteiger charge is -2.15. The number of carbonyl (C=O) groups excluding carboxylic acids is 1. The SMILES string of the molecule is Cc1c(Cc2ccc(Cl)c(O[C@@H](C)C(=O)O)c2)c2ccc(C(=O)N[C@@H](C)c3cc(F)cc(I)c3)cc2n1C. The van der Waals surface area contributed by atoms with E-state index in [4.69, 9.17) is 16.3 Å². The maximum Gasteiger partial charge on any atom is 0.344 e. The van der Waals surface area contributed by atoms with Crippen molar-refractivity contribution in [3.05, 3.63) is 97.0 Å². The zero-order chi connectivity index (χ0) is 27.7. The number of rotatable bonds is 8. The number of carboxylic acid groups (broad SMARTS) is 1. The highest BCUT2D eigenvalue weighted by Crippen LogP contribution is 2.32. The van der Waals surface area contributed by atoms with Crippen LogP contribution < -0.4 is 10.1 Å². The monoisotopic (exact) mass is 648 g/mol. The van der Waals surface area contributed by atoms with Gasteiger partial charge in [-0.05, 0) is 109 Å². The summed E-state index contributed by atoms with van der Waals surface area (Å²) < 4.78 is 22.2. The van der Waals surface area contributed by atoms with E-state index in [1.807, 2.05) is 49.7 Å². The molecule has 0 radical (unpaired) electrons. The van der Waals surface area contributed by atoms with Gasteiger partial charge < -0.3 is 19.7 Å². The van der Waals surface area contributed by atoms with Gasteiger partial charge in [-0.3, -0.25) is 4.79 Å². The number of nitrogens with one attached hydrogen (secondary N) is 1. The number of aliphatic carboxylic acids is 1. The Morgan fingerprint density at radius 2 is 1.87 bits per heavy atom. The maximum absolute atomic E-state index is 13.8. The minimum atomic E-state index is -1.07. The molecule has 1 heterocycles. The van der Waals surface area contributed by atoms with Gasteiger partial charge in [0.1, 0.15) is 11.6 Å². The largest absolute Gasteiger partial charge is 0.479 e. The minimum absolute atomic E-state index is 0.244. The molecular formula is C29H27ClFIN2O4. The summed E-state index contributed by atoms with van der Waals surface area (Å²) in [6.07, 6.45) is -0.460. The van der Waals surface area contributed by atoms with Crippen molar-refractivity contribution in [3.63, 3.8) is 0 Å². The van der Waals surface area contributed by atoms with Gasteiger partial charge in [0, 0.05) is 32.8 Å². The van der Waals surface area contributed by atoms with Gasteiger partial charge in [-0.2, -0.15) is 0 Å². The molecule has 0 aliphatic carbocycles. The highest BCUT2D eigenvalue weighted by atomic mass is 127. The second kappa shape index (κ2) is 11.3. The molecule has 0 bridgehead atoms. The Morgan fingerprint density at radius 3 is 2.55 bits per heavy atom. The summed E-state index contributed by atoms with van der Waals surface area (Å²) in [6.45, 7) is 5.30. The molecule has 4 rings (SSSR count). The number of halogens is 3. The van der Waals surface area contributed by atoms with Crippen LogP contribution in [-0.2, 0) is 18.3 Å². The Balaban J connectivity index is 1.60. The lowest BCUT2D eigenvalue weighted by Crippen LogP contribution is -2.26. The number of carboxylic acids is 1. The fourth-order valence-electron chi connectivity index (χ4n) is 4.39. The summed E-state index contributed by atoms with van der Waals surface area (Å²) in [5.41, 5.74) is 5.15. The molecule has 0 saturated carbocycles. The number of amides is 1. The number of carbonyl (C=O) groups is 2. The third kappa shape index (κ3) is 5.96. The molecule has 1 aromatic heterocycles.